The van der Waals surface area contributed by atoms with Crippen LogP contribution < -0.4 is 11.4 Å². The second-order valence-corrected chi connectivity index (χ2v) is 3.53. The van der Waals surface area contributed by atoms with Gasteiger partial charge in [-0.05, 0) is 24.3 Å². The third-order valence-electron chi connectivity index (χ3n) is 2.50. The van der Waals surface area contributed by atoms with E-state index in [9.17, 15) is 14.0 Å². The molecule has 0 atom stereocenters. The van der Waals surface area contributed by atoms with E-state index in [-0.39, 0.29) is 5.82 Å². The molecule has 0 amide bonds. The van der Waals surface area contributed by atoms with Crippen LogP contribution >= 0.6 is 0 Å². The summed E-state index contributed by atoms with van der Waals surface area (Å²) in [6, 6.07) is 5.42. The molecule has 2 heterocycles. The Balaban J connectivity index is 2.31. The number of fused-ring (bicyclic) bond motifs is 1. The van der Waals surface area contributed by atoms with Crippen LogP contribution in [-0.4, -0.2) is 19.2 Å². The molecule has 0 aliphatic rings. The van der Waals surface area contributed by atoms with E-state index in [1.54, 1.807) is 0 Å². The Morgan fingerprint density at radius 2 is 1.76 bits per heavy atom. The molecule has 0 aliphatic carbocycles. The van der Waals surface area contributed by atoms with E-state index >= 15 is 0 Å². The van der Waals surface area contributed by atoms with Crippen molar-refractivity contribution < 1.29 is 4.39 Å². The molecule has 7 heteroatoms. The van der Waals surface area contributed by atoms with Crippen molar-refractivity contribution in [2.24, 2.45) is 0 Å². The second-order valence-electron chi connectivity index (χ2n) is 3.53. The minimum Gasteiger partial charge on any atom is -0.280 e. The number of nitrogens with one attached hydrogen (secondary N) is 2. The molecular formula is C10H7FN4O2. The number of aromatic nitrogens is 4. The van der Waals surface area contributed by atoms with Crippen molar-refractivity contribution in [1.29, 1.82) is 0 Å². The standard InChI is InChI=1S/C10H7FN4O2/c11-6-1-3-7(4-2-6)14-5-8-12-13-9(16)15(8)10(14)17/h1-5,12H,(H,13,16). The maximum absolute atomic E-state index is 12.8. The van der Waals surface area contributed by atoms with Crippen molar-refractivity contribution in [2.75, 3.05) is 0 Å². The number of aromatic amines is 2. The van der Waals surface area contributed by atoms with Crippen LogP contribution in [0.2, 0.25) is 0 Å². The highest BCUT2D eigenvalue weighted by molar-refractivity contribution is 5.40. The van der Waals surface area contributed by atoms with E-state index < -0.39 is 11.4 Å². The quantitative estimate of drug-likeness (QED) is 0.633. The van der Waals surface area contributed by atoms with Gasteiger partial charge in [0.2, 0.25) is 0 Å². The molecule has 86 valence electrons. The number of rotatable bonds is 1. The summed E-state index contributed by atoms with van der Waals surface area (Å²) in [6.07, 6.45) is 1.47. The van der Waals surface area contributed by atoms with E-state index in [1.807, 2.05) is 0 Å². The molecule has 0 saturated carbocycles. The Morgan fingerprint density at radius 3 is 2.41 bits per heavy atom. The van der Waals surface area contributed by atoms with Gasteiger partial charge in [0.1, 0.15) is 5.82 Å². The SMILES string of the molecule is O=c1[nH][nH]c2cn(-c3ccc(F)cc3)c(=O)n12. The number of nitrogens with zero attached hydrogens (tertiary/aromatic N) is 2. The zero-order chi connectivity index (χ0) is 12.0. The average molecular weight is 234 g/mol. The van der Waals surface area contributed by atoms with Crippen LogP contribution in [0, 0.1) is 5.82 Å². The topological polar surface area (TPSA) is 75.1 Å². The molecule has 6 nitrogen and oxygen atoms in total. The van der Waals surface area contributed by atoms with Crippen LogP contribution in [-0.2, 0) is 0 Å². The number of hydrogen-bond acceptors (Lipinski definition) is 2. The number of H-pyrrole nitrogens is 2. The average Bonchev–Trinajstić information content (AvgIpc) is 2.83. The van der Waals surface area contributed by atoms with Crippen LogP contribution in [0.4, 0.5) is 4.39 Å². The van der Waals surface area contributed by atoms with Gasteiger partial charge in [-0.1, -0.05) is 0 Å². The lowest BCUT2D eigenvalue weighted by Crippen LogP contribution is -2.26. The molecule has 3 rings (SSSR count). The normalized spacial score (nSPS) is 11.1. The summed E-state index contributed by atoms with van der Waals surface area (Å²) in [4.78, 5) is 23.2. The van der Waals surface area contributed by atoms with E-state index in [2.05, 4.69) is 10.2 Å². The smallest absolute Gasteiger partial charge is 0.280 e. The molecule has 0 saturated heterocycles. The molecular weight excluding hydrogens is 227 g/mol. The Labute approximate surface area is 92.9 Å². The van der Waals surface area contributed by atoms with Crippen LogP contribution in [0.25, 0.3) is 11.3 Å². The molecule has 0 unspecified atom stereocenters. The monoisotopic (exact) mass is 234 g/mol. The summed E-state index contributed by atoms with van der Waals surface area (Å²) < 4.78 is 15.0. The highest BCUT2D eigenvalue weighted by Gasteiger charge is 2.10. The third-order valence-corrected chi connectivity index (χ3v) is 2.50. The first-order valence-electron chi connectivity index (χ1n) is 4.83. The summed E-state index contributed by atoms with van der Waals surface area (Å²) in [6.45, 7) is 0. The number of imidazole rings is 1. The highest BCUT2D eigenvalue weighted by Crippen LogP contribution is 2.07. The van der Waals surface area contributed by atoms with E-state index in [0.29, 0.717) is 11.3 Å². The van der Waals surface area contributed by atoms with Gasteiger partial charge in [0, 0.05) is 0 Å². The van der Waals surface area contributed by atoms with Gasteiger partial charge in [-0.3, -0.25) is 9.67 Å². The van der Waals surface area contributed by atoms with Gasteiger partial charge in [0.15, 0.2) is 5.65 Å². The second kappa shape index (κ2) is 3.21. The summed E-state index contributed by atoms with van der Waals surface area (Å²) in [5.41, 5.74) is -0.197. The van der Waals surface area contributed by atoms with E-state index in [4.69, 9.17) is 0 Å². The van der Waals surface area contributed by atoms with Gasteiger partial charge in [0.05, 0.1) is 11.9 Å². The number of benzene rings is 1. The summed E-state index contributed by atoms with van der Waals surface area (Å²) >= 11 is 0. The lowest BCUT2D eigenvalue weighted by atomic mass is 10.3. The lowest BCUT2D eigenvalue weighted by molar-refractivity contribution is 0.627. The van der Waals surface area contributed by atoms with Gasteiger partial charge in [0.25, 0.3) is 0 Å². The van der Waals surface area contributed by atoms with Gasteiger partial charge in [-0.2, -0.15) is 4.40 Å². The summed E-state index contributed by atoms with van der Waals surface area (Å²) in [5, 5.41) is 4.86. The van der Waals surface area contributed by atoms with Crippen molar-refractivity contribution in [1.82, 2.24) is 19.2 Å². The van der Waals surface area contributed by atoms with Crippen molar-refractivity contribution in [3.05, 3.63) is 57.2 Å². The minimum absolute atomic E-state index is 0.351. The minimum atomic E-state index is -0.536. The Bertz CT molecular complexity index is 790. The summed E-state index contributed by atoms with van der Waals surface area (Å²) in [5.74, 6) is -0.385. The molecule has 17 heavy (non-hydrogen) atoms. The van der Waals surface area contributed by atoms with Crippen LogP contribution in [0.15, 0.2) is 40.1 Å². The van der Waals surface area contributed by atoms with Gasteiger partial charge in [-0.25, -0.2) is 19.1 Å². The van der Waals surface area contributed by atoms with Gasteiger partial charge >= 0.3 is 11.4 Å². The fourth-order valence-corrected chi connectivity index (χ4v) is 1.69. The first-order chi connectivity index (χ1) is 8.16. The van der Waals surface area contributed by atoms with Gasteiger partial charge in [-0.15, -0.1) is 0 Å². The Hall–Kier alpha value is -2.57. The van der Waals surface area contributed by atoms with Crippen LogP contribution in [0.3, 0.4) is 0 Å². The molecule has 0 bridgehead atoms. The molecule has 1 aromatic carbocycles. The van der Waals surface area contributed by atoms with Crippen molar-refractivity contribution in [3.63, 3.8) is 0 Å². The molecule has 0 radical (unpaired) electrons. The fraction of sp³-hybridized carbons (Fsp3) is 0. The third kappa shape index (κ3) is 1.32. The molecule has 0 fully saturated rings. The molecule has 0 aliphatic heterocycles. The van der Waals surface area contributed by atoms with Crippen molar-refractivity contribution >= 4 is 5.65 Å². The maximum Gasteiger partial charge on any atom is 0.350 e. The van der Waals surface area contributed by atoms with E-state index in [1.165, 1.54) is 35.0 Å². The number of halogens is 1. The number of hydrogen-bond donors (Lipinski definition) is 2. The molecule has 3 aromatic rings. The predicted octanol–water partition coefficient (Wildman–Crippen LogP) is 0.246. The van der Waals surface area contributed by atoms with Crippen molar-refractivity contribution in [3.8, 4) is 5.69 Å². The molecule has 2 aromatic heterocycles. The predicted molar refractivity (Wildman–Crippen MR) is 57.9 cm³/mol. The molecule has 0 spiro atoms. The van der Waals surface area contributed by atoms with E-state index in [0.717, 1.165) is 4.40 Å². The lowest BCUT2D eigenvalue weighted by Gasteiger charge is -1.99. The molecule has 2 N–H and O–H groups in total. The largest absolute Gasteiger partial charge is 0.350 e. The first kappa shape index (κ1) is 9.64. The Morgan fingerprint density at radius 1 is 1.06 bits per heavy atom. The fourth-order valence-electron chi connectivity index (χ4n) is 1.69. The van der Waals surface area contributed by atoms with Gasteiger partial charge < -0.3 is 0 Å². The van der Waals surface area contributed by atoms with Crippen LogP contribution in [0.1, 0.15) is 0 Å². The maximum atomic E-state index is 12.8. The zero-order valence-corrected chi connectivity index (χ0v) is 8.48. The van der Waals surface area contributed by atoms with Crippen molar-refractivity contribution in [2.45, 2.75) is 0 Å². The first-order valence-corrected chi connectivity index (χ1v) is 4.83. The summed E-state index contributed by atoms with van der Waals surface area (Å²) in [7, 11) is 0. The Kier molecular flexibility index (Phi) is 1.82. The van der Waals surface area contributed by atoms with Crippen LogP contribution in [0.5, 0.6) is 0 Å². The zero-order valence-electron chi connectivity index (χ0n) is 8.48. The highest BCUT2D eigenvalue weighted by atomic mass is 19.1.